The first-order valence-corrected chi connectivity index (χ1v) is 15.1. The van der Waals surface area contributed by atoms with E-state index in [1.165, 1.54) is 32.4 Å². The summed E-state index contributed by atoms with van der Waals surface area (Å²) in [5.74, 6) is -0.279. The number of ether oxygens (including phenoxy) is 2. The Labute approximate surface area is 243 Å². The number of carbonyl (C=O) groups is 2. The first-order valence-electron chi connectivity index (χ1n) is 15.1. The second-order valence-electron chi connectivity index (χ2n) is 12.0. The van der Waals surface area contributed by atoms with Gasteiger partial charge >= 0.3 is 12.1 Å². The van der Waals surface area contributed by atoms with Gasteiger partial charge in [-0.05, 0) is 81.9 Å². The highest BCUT2D eigenvalue weighted by molar-refractivity contribution is 5.90. The predicted molar refractivity (Wildman–Crippen MR) is 155 cm³/mol. The van der Waals surface area contributed by atoms with Gasteiger partial charge in [-0.1, -0.05) is 13.3 Å². The van der Waals surface area contributed by atoms with Gasteiger partial charge in [-0.3, -0.25) is 4.79 Å². The first kappa shape index (κ1) is 27.1. The predicted octanol–water partition coefficient (Wildman–Crippen LogP) is 3.84. The monoisotopic (exact) mass is 572 g/mol. The molecular formula is C32H36N4O6. The van der Waals surface area contributed by atoms with Crippen LogP contribution < -0.4 is 10.3 Å². The number of aromatic nitrogens is 2. The maximum absolute atomic E-state index is 13.5. The number of pyridine rings is 2. The Morgan fingerprint density at radius 1 is 1.10 bits per heavy atom. The molecule has 4 aliphatic heterocycles. The number of carbonyl (C=O) groups excluding carboxylic acids is 2. The standard InChI is InChI=1S/C32H36N4O6/c1-3-32(40)25-16-27-28-23(17-36(27)29(37)24(25)18-41-30(32)38)19(2)22-15-21(7-8-26(22)33-28)42-31(39)35-13-9-20(10-14-35)34-11-5-4-6-12-34/h7-8,15-16,20,40H,3-6,9-14,17-18H2,1-2H3/t32-/m0/s1. The van der Waals surface area contributed by atoms with E-state index in [1.807, 2.05) is 19.1 Å². The second-order valence-corrected chi connectivity index (χ2v) is 12.0. The van der Waals surface area contributed by atoms with E-state index in [0.717, 1.165) is 29.4 Å². The number of rotatable bonds is 3. The third kappa shape index (κ3) is 4.22. The molecule has 1 atom stereocenters. The number of piperidine rings is 2. The van der Waals surface area contributed by atoms with Gasteiger partial charge in [-0.15, -0.1) is 0 Å². The SMILES string of the molecule is CC[C@@]1(O)C(=O)OCc2c1cc1n(c2=O)Cc2c-1nc1ccc(OC(=O)N3CCC(N4CCCCC4)CC3)cc1c2C. The van der Waals surface area contributed by atoms with Crippen molar-refractivity contribution in [1.82, 2.24) is 19.4 Å². The second kappa shape index (κ2) is 10.2. The van der Waals surface area contributed by atoms with Crippen LogP contribution in [0.15, 0.2) is 29.1 Å². The fourth-order valence-electron chi connectivity index (χ4n) is 7.18. The lowest BCUT2D eigenvalue weighted by Crippen LogP contribution is -2.48. The molecule has 7 rings (SSSR count). The highest BCUT2D eigenvalue weighted by Crippen LogP contribution is 2.40. The molecule has 10 nitrogen and oxygen atoms in total. The minimum Gasteiger partial charge on any atom is -0.458 e. The van der Waals surface area contributed by atoms with Crippen LogP contribution in [0, 0.1) is 6.92 Å². The summed E-state index contributed by atoms with van der Waals surface area (Å²) in [6, 6.07) is 7.69. The van der Waals surface area contributed by atoms with E-state index < -0.39 is 11.6 Å². The van der Waals surface area contributed by atoms with Crippen molar-refractivity contribution >= 4 is 23.0 Å². The summed E-state index contributed by atoms with van der Waals surface area (Å²) in [7, 11) is 0. The lowest BCUT2D eigenvalue weighted by Gasteiger charge is -2.39. The summed E-state index contributed by atoms with van der Waals surface area (Å²) in [5, 5.41) is 12.0. The van der Waals surface area contributed by atoms with Crippen LogP contribution in [-0.4, -0.2) is 68.7 Å². The fourth-order valence-corrected chi connectivity index (χ4v) is 7.18. The summed E-state index contributed by atoms with van der Waals surface area (Å²) < 4.78 is 12.6. The highest BCUT2D eigenvalue weighted by atomic mass is 16.6. The maximum Gasteiger partial charge on any atom is 0.415 e. The van der Waals surface area contributed by atoms with Crippen LogP contribution in [0.5, 0.6) is 5.75 Å². The Morgan fingerprint density at radius 2 is 1.86 bits per heavy atom. The number of hydrogen-bond donors (Lipinski definition) is 1. The summed E-state index contributed by atoms with van der Waals surface area (Å²) in [6.45, 7) is 7.55. The van der Waals surface area contributed by atoms with Gasteiger partial charge in [-0.2, -0.15) is 0 Å². The third-order valence-electron chi connectivity index (χ3n) is 9.78. The van der Waals surface area contributed by atoms with E-state index in [-0.39, 0.29) is 24.7 Å². The molecule has 2 aromatic heterocycles. The number of esters is 1. The van der Waals surface area contributed by atoms with Gasteiger partial charge in [0.1, 0.15) is 12.4 Å². The Morgan fingerprint density at radius 3 is 2.60 bits per heavy atom. The molecule has 42 heavy (non-hydrogen) atoms. The largest absolute Gasteiger partial charge is 0.458 e. The van der Waals surface area contributed by atoms with Crippen LogP contribution in [0.2, 0.25) is 0 Å². The number of cyclic esters (lactones) is 1. The van der Waals surface area contributed by atoms with E-state index in [0.29, 0.717) is 59.5 Å². The highest BCUT2D eigenvalue weighted by Gasteiger charge is 2.45. The molecule has 220 valence electrons. The Balaban J connectivity index is 1.14. The molecule has 0 unspecified atom stereocenters. The number of nitrogens with zero attached hydrogens (tertiary/aromatic N) is 4. The zero-order valence-corrected chi connectivity index (χ0v) is 24.1. The average Bonchev–Trinajstić information content (AvgIpc) is 3.39. The molecule has 1 N–H and O–H groups in total. The van der Waals surface area contributed by atoms with Crippen LogP contribution in [0.25, 0.3) is 22.3 Å². The third-order valence-corrected chi connectivity index (χ3v) is 9.78. The molecule has 2 saturated heterocycles. The summed E-state index contributed by atoms with van der Waals surface area (Å²) in [5.41, 5.74) is 2.20. The van der Waals surface area contributed by atoms with Crippen LogP contribution in [0.4, 0.5) is 4.79 Å². The van der Waals surface area contributed by atoms with Crippen molar-refractivity contribution in [2.45, 2.75) is 77.2 Å². The Kier molecular flexibility index (Phi) is 6.58. The van der Waals surface area contributed by atoms with E-state index in [4.69, 9.17) is 14.5 Å². The molecule has 2 fully saturated rings. The topological polar surface area (TPSA) is 114 Å². The number of aliphatic hydroxyl groups is 1. The lowest BCUT2D eigenvalue weighted by atomic mass is 9.86. The van der Waals surface area contributed by atoms with Crippen molar-refractivity contribution in [2.75, 3.05) is 26.2 Å². The van der Waals surface area contributed by atoms with Crippen molar-refractivity contribution in [3.05, 3.63) is 56.9 Å². The van der Waals surface area contributed by atoms with E-state index in [2.05, 4.69) is 4.90 Å². The number of aryl methyl sites for hydroxylation is 1. The molecule has 10 heteroatoms. The minimum absolute atomic E-state index is 0.0940. The van der Waals surface area contributed by atoms with Crippen molar-refractivity contribution in [2.24, 2.45) is 0 Å². The van der Waals surface area contributed by atoms with Gasteiger partial charge in [0.05, 0.1) is 29.0 Å². The zero-order chi connectivity index (χ0) is 29.2. The summed E-state index contributed by atoms with van der Waals surface area (Å²) >= 11 is 0. The number of likely N-dealkylation sites (tertiary alicyclic amines) is 2. The Bertz CT molecular complexity index is 1670. The summed E-state index contributed by atoms with van der Waals surface area (Å²) in [4.78, 5) is 48.3. The molecule has 0 aliphatic carbocycles. The quantitative estimate of drug-likeness (QED) is 0.369. The molecule has 1 amide bonds. The molecule has 0 saturated carbocycles. The van der Waals surface area contributed by atoms with Crippen molar-refractivity contribution in [3.8, 4) is 17.1 Å². The van der Waals surface area contributed by atoms with Gasteiger partial charge in [0, 0.05) is 35.6 Å². The van der Waals surface area contributed by atoms with Crippen molar-refractivity contribution in [1.29, 1.82) is 0 Å². The summed E-state index contributed by atoms with van der Waals surface area (Å²) in [6.07, 6.45) is 5.57. The van der Waals surface area contributed by atoms with Gasteiger partial charge in [0.25, 0.3) is 5.56 Å². The normalized spacial score (nSPS) is 22.5. The molecular weight excluding hydrogens is 536 g/mol. The van der Waals surface area contributed by atoms with Crippen LogP contribution in [0.3, 0.4) is 0 Å². The van der Waals surface area contributed by atoms with Gasteiger partial charge in [-0.25, -0.2) is 14.6 Å². The van der Waals surface area contributed by atoms with Gasteiger partial charge in [0.2, 0.25) is 0 Å². The molecule has 1 aromatic carbocycles. The van der Waals surface area contributed by atoms with E-state index in [9.17, 15) is 19.5 Å². The van der Waals surface area contributed by atoms with Crippen molar-refractivity contribution in [3.63, 3.8) is 0 Å². The van der Waals surface area contributed by atoms with Crippen LogP contribution >= 0.6 is 0 Å². The number of amides is 1. The Hall–Kier alpha value is -3.76. The number of benzene rings is 1. The zero-order valence-electron chi connectivity index (χ0n) is 24.1. The number of fused-ring (bicyclic) bond motifs is 5. The first-order chi connectivity index (χ1) is 20.3. The molecule has 0 spiro atoms. The fraction of sp³-hybridized carbons (Fsp3) is 0.500. The molecule has 0 radical (unpaired) electrons. The smallest absolute Gasteiger partial charge is 0.415 e. The van der Waals surface area contributed by atoms with Gasteiger partial charge in [0.15, 0.2) is 5.60 Å². The number of hydrogen-bond acceptors (Lipinski definition) is 8. The molecule has 4 aliphatic rings. The minimum atomic E-state index is -1.86. The molecule has 0 bridgehead atoms. The van der Waals surface area contributed by atoms with Crippen molar-refractivity contribution < 1.29 is 24.2 Å². The van der Waals surface area contributed by atoms with Crippen LogP contribution in [-0.2, 0) is 28.3 Å². The molecule has 6 heterocycles. The van der Waals surface area contributed by atoms with Gasteiger partial charge < -0.3 is 28.9 Å². The van der Waals surface area contributed by atoms with E-state index in [1.54, 1.807) is 28.5 Å². The lowest BCUT2D eigenvalue weighted by molar-refractivity contribution is -0.172. The van der Waals surface area contributed by atoms with E-state index >= 15 is 0 Å². The van der Waals surface area contributed by atoms with Crippen LogP contribution in [0.1, 0.15) is 67.7 Å². The average molecular weight is 573 g/mol. The maximum atomic E-state index is 13.5. The molecule has 3 aromatic rings.